The fraction of sp³-hybridized carbons (Fsp3) is 0. The summed E-state index contributed by atoms with van der Waals surface area (Å²) in [6, 6.07) is 171. The molecule has 9 heterocycles. The molecule has 0 atom stereocenters. The number of imidazole rings is 3. The Morgan fingerprint density at radius 3 is 0.743 bits per heavy atom. The first-order valence-electron chi connectivity index (χ1n) is 49.5. The molecular weight excluding hydrogens is 1870 g/mol. The van der Waals surface area contributed by atoms with Gasteiger partial charge in [0.25, 0.3) is 0 Å². The summed E-state index contributed by atoms with van der Waals surface area (Å²) in [5.74, 6) is 2.28. The van der Waals surface area contributed by atoms with E-state index in [4.69, 9.17) is 29.9 Å². The van der Waals surface area contributed by atoms with Crippen molar-refractivity contribution >= 4 is 260 Å². The van der Waals surface area contributed by atoms with Gasteiger partial charge in [-0.2, -0.15) is 0 Å². The molecular formula is C130H83N12O3P3. The van der Waals surface area contributed by atoms with E-state index in [0.717, 1.165) is 257 Å². The fourth-order valence-corrected chi connectivity index (χ4v) is 31.3. The van der Waals surface area contributed by atoms with Crippen LogP contribution in [-0.2, 0) is 13.7 Å². The molecule has 148 heavy (non-hydrogen) atoms. The minimum absolute atomic E-state index is 0.757. The van der Waals surface area contributed by atoms with Crippen LogP contribution in [0.3, 0.4) is 0 Å². The molecule has 0 radical (unpaired) electrons. The Labute approximate surface area is 846 Å². The fourth-order valence-electron chi connectivity index (χ4n) is 22.8. The summed E-state index contributed by atoms with van der Waals surface area (Å²) in [6.07, 6.45) is 0. The number of rotatable bonds is 12. The lowest BCUT2D eigenvalue weighted by molar-refractivity contribution is 0.591. The lowest BCUT2D eigenvalue weighted by Gasteiger charge is -2.23. The topological polar surface area (TPSA) is 157 Å². The van der Waals surface area contributed by atoms with E-state index >= 15 is 13.7 Å². The first-order valence-corrected chi connectivity index (χ1v) is 54.6. The van der Waals surface area contributed by atoms with Crippen LogP contribution in [0, 0.1) is 0 Å². The summed E-state index contributed by atoms with van der Waals surface area (Å²) >= 11 is 0. The standard InChI is InChI=1S/2C46H29N4OP.C38H25N4OP/c51-52(43-25-11-15-30-13-1-3-17-33(30)43,44-26-12-16-31-14-2-4-18-34(31)44)32-27-28-41-37(29-32)35-19-6-9-23-40(35)49(41)46-48-38-21-7-5-20-36(38)45-47-39-22-8-10-24-42(39)50(45)46;51-52(34-23-21-30-11-1-3-13-32(30)27-34,35-24-22-31-12-2-4-14-33(31)28-35)36-25-26-43-39(29-36)37-15-6-9-19-42(37)49(43)46-48-40-17-7-5-16-38(40)45-47-41-18-8-10-20-44(41)50(45)46;43-44(26-13-3-1-4-14-26,27-15-5-2-6-16-27)28-23-24-35-31(25-28)29-17-8-11-21-34(29)41(35)38-40-32-19-9-7-18-30(32)37-39-33-20-10-12-22-36(33)42(37)38/h2*1-29H;1-25H. The van der Waals surface area contributed by atoms with Crippen LogP contribution in [-0.4, -0.2) is 56.8 Å². The second-order valence-corrected chi connectivity index (χ2v) is 46.0. The predicted octanol–water partition coefficient (Wildman–Crippen LogP) is 27.9. The molecule has 31 aromatic rings. The van der Waals surface area contributed by atoms with Crippen molar-refractivity contribution < 1.29 is 13.7 Å². The van der Waals surface area contributed by atoms with Gasteiger partial charge in [0.05, 0.1) is 82.8 Å². The highest BCUT2D eigenvalue weighted by atomic mass is 31.2. The first-order chi connectivity index (χ1) is 73.0. The second kappa shape index (κ2) is 34.0. The zero-order chi connectivity index (χ0) is 98.0. The normalized spacial score (nSPS) is 12.3. The summed E-state index contributed by atoms with van der Waals surface area (Å²) in [5, 5.41) is 25.1. The van der Waals surface area contributed by atoms with Crippen LogP contribution in [0.25, 0.3) is 209 Å². The molecule has 0 aliphatic heterocycles. The predicted molar refractivity (Wildman–Crippen MR) is 615 cm³/mol. The Morgan fingerprint density at radius 1 is 0.149 bits per heavy atom. The average molecular weight is 1950 g/mol. The van der Waals surface area contributed by atoms with Crippen LogP contribution < -0.4 is 47.7 Å². The van der Waals surface area contributed by atoms with Crippen molar-refractivity contribution in [3.8, 4) is 17.8 Å². The summed E-state index contributed by atoms with van der Waals surface area (Å²) in [4.78, 5) is 31.2. The van der Waals surface area contributed by atoms with Gasteiger partial charge in [-0.25, -0.2) is 29.9 Å². The summed E-state index contributed by atoms with van der Waals surface area (Å²) < 4.78 is 61.1. The highest BCUT2D eigenvalue weighted by Crippen LogP contribution is 2.51. The third kappa shape index (κ3) is 13.3. The van der Waals surface area contributed by atoms with Gasteiger partial charge in [-0.1, -0.05) is 346 Å². The molecule has 15 nitrogen and oxygen atoms in total. The minimum atomic E-state index is -3.45. The van der Waals surface area contributed by atoms with E-state index in [9.17, 15) is 0 Å². The molecule has 0 bridgehead atoms. The lowest BCUT2D eigenvalue weighted by atomic mass is 10.1. The molecule has 18 heteroatoms. The molecule has 0 amide bonds. The molecule has 9 aromatic heterocycles. The first kappa shape index (κ1) is 86.1. The quantitative estimate of drug-likeness (QED) is 0.109. The Morgan fingerprint density at radius 2 is 0.392 bits per heavy atom. The van der Waals surface area contributed by atoms with Gasteiger partial charge >= 0.3 is 0 Å². The van der Waals surface area contributed by atoms with Crippen molar-refractivity contribution in [2.24, 2.45) is 0 Å². The third-order valence-electron chi connectivity index (χ3n) is 29.7. The number of hydrogen-bond acceptors (Lipinski definition) is 9. The Bertz CT molecular complexity index is 10900. The highest BCUT2D eigenvalue weighted by molar-refractivity contribution is 7.86. The van der Waals surface area contributed by atoms with E-state index in [1.807, 2.05) is 231 Å². The van der Waals surface area contributed by atoms with Crippen molar-refractivity contribution in [1.29, 1.82) is 0 Å². The van der Waals surface area contributed by atoms with Gasteiger partial charge in [0.2, 0.25) is 17.8 Å². The number of aromatic nitrogens is 12. The maximum absolute atomic E-state index is 16.5. The van der Waals surface area contributed by atoms with Crippen molar-refractivity contribution in [1.82, 2.24) is 56.8 Å². The Balaban J connectivity index is 0.000000105. The largest absolute Gasteiger partial charge is 0.309 e. The van der Waals surface area contributed by atoms with Gasteiger partial charge in [0.1, 0.15) is 16.9 Å². The lowest BCUT2D eigenvalue weighted by Crippen LogP contribution is -2.26. The molecule has 0 N–H and O–H groups in total. The van der Waals surface area contributed by atoms with E-state index in [1.165, 1.54) is 0 Å². The third-order valence-corrected chi connectivity index (χ3v) is 38.9. The second-order valence-electron chi connectivity index (χ2n) is 37.8. The molecule has 0 spiro atoms. The maximum atomic E-state index is 16.5. The molecule has 0 saturated carbocycles. The molecule has 0 aliphatic rings. The number of para-hydroxylation sites is 12. The van der Waals surface area contributed by atoms with Crippen LogP contribution in [0.4, 0.5) is 0 Å². The zero-order valence-electron chi connectivity index (χ0n) is 79.4. The zero-order valence-corrected chi connectivity index (χ0v) is 82.0. The van der Waals surface area contributed by atoms with Gasteiger partial charge in [0.15, 0.2) is 21.4 Å². The molecule has 0 unspecified atom stereocenters. The number of hydrogen-bond donors (Lipinski definition) is 0. The Kier molecular flexibility index (Phi) is 19.8. The van der Waals surface area contributed by atoms with Crippen LogP contribution >= 0.6 is 21.4 Å². The summed E-state index contributed by atoms with van der Waals surface area (Å²) in [7, 11) is -9.97. The molecule has 31 rings (SSSR count). The number of nitrogens with zero attached hydrogens (tertiary/aromatic N) is 12. The number of benzene rings is 22. The van der Waals surface area contributed by atoms with Crippen molar-refractivity contribution in [3.05, 3.63) is 504 Å². The van der Waals surface area contributed by atoms with Crippen LogP contribution in [0.1, 0.15) is 0 Å². The van der Waals surface area contributed by atoms with Gasteiger partial charge in [-0.15, -0.1) is 0 Å². The molecule has 0 saturated heterocycles. The van der Waals surface area contributed by atoms with Crippen molar-refractivity contribution in [3.63, 3.8) is 0 Å². The number of fused-ring (bicyclic) bond motifs is 28. The van der Waals surface area contributed by atoms with E-state index in [1.54, 1.807) is 0 Å². The Hall–Kier alpha value is -18.6. The van der Waals surface area contributed by atoms with Crippen LogP contribution in [0.2, 0.25) is 0 Å². The molecule has 696 valence electrons. The van der Waals surface area contributed by atoms with Crippen LogP contribution in [0.15, 0.2) is 504 Å². The van der Waals surface area contributed by atoms with E-state index in [2.05, 4.69) is 300 Å². The van der Waals surface area contributed by atoms with E-state index in [-0.39, 0.29) is 0 Å². The van der Waals surface area contributed by atoms with Gasteiger partial charge in [-0.05, 0) is 201 Å². The van der Waals surface area contributed by atoms with Crippen molar-refractivity contribution in [2.75, 3.05) is 0 Å². The van der Waals surface area contributed by atoms with Crippen molar-refractivity contribution in [2.45, 2.75) is 0 Å². The molecule has 22 aromatic carbocycles. The molecule has 0 aliphatic carbocycles. The van der Waals surface area contributed by atoms with E-state index in [0.29, 0.717) is 0 Å². The highest BCUT2D eigenvalue weighted by Gasteiger charge is 2.38. The summed E-state index contributed by atoms with van der Waals surface area (Å²) in [5.41, 5.74) is 17.0. The maximum Gasteiger partial charge on any atom is 0.221 e. The summed E-state index contributed by atoms with van der Waals surface area (Å²) in [6.45, 7) is 0. The molecule has 0 fully saturated rings. The SMILES string of the molecule is O=P(c1ccc2c(c1)c1ccccc1n2-c1nc2ccccc2c2nc3ccccc3n12)(c1cccc2ccccc12)c1cccc2ccccc12.O=P(c1ccc2ccccc2c1)(c1ccc2ccccc2c1)c1ccc2c(c1)c1ccccc1n2-c1nc2ccccc2c2nc3ccccc3n12.O=P(c1ccccc1)(c1ccccc1)c1ccc2c(c1)c1ccccc1n2-c1nc2ccccc2c2nc3ccccc3n12. The average Bonchev–Trinajstić information content (AvgIpc) is 1.56. The smallest absolute Gasteiger partial charge is 0.221 e. The van der Waals surface area contributed by atoms with Gasteiger partial charge in [0, 0.05) is 96.2 Å². The van der Waals surface area contributed by atoms with E-state index < -0.39 is 21.4 Å². The van der Waals surface area contributed by atoms with Gasteiger partial charge < -0.3 is 13.7 Å². The minimum Gasteiger partial charge on any atom is -0.309 e. The monoisotopic (exact) mass is 1950 g/mol. The van der Waals surface area contributed by atoms with Crippen LogP contribution in [0.5, 0.6) is 0 Å². The van der Waals surface area contributed by atoms with Gasteiger partial charge in [-0.3, -0.25) is 26.9 Å².